The van der Waals surface area contributed by atoms with Crippen molar-refractivity contribution in [2.24, 2.45) is 0 Å². The number of aromatic nitrogens is 2. The molecule has 1 atom stereocenters. The molecule has 0 amide bonds. The van der Waals surface area contributed by atoms with Crippen molar-refractivity contribution in [3.8, 4) is 11.9 Å². The molecular formula is C6H9N2O2P. The Morgan fingerprint density at radius 3 is 2.64 bits per heavy atom. The first-order valence-electron chi connectivity index (χ1n) is 2.98. The van der Waals surface area contributed by atoms with Gasteiger partial charge in [-0.25, -0.2) is 4.98 Å². The Morgan fingerprint density at radius 2 is 2.09 bits per heavy atom. The maximum atomic E-state index is 4.94. The summed E-state index contributed by atoms with van der Waals surface area (Å²) in [6, 6.07) is 0.313. The average Bonchev–Trinajstić information content (AvgIpc) is 2.05. The van der Waals surface area contributed by atoms with Crippen LogP contribution in [0.15, 0.2) is 6.20 Å². The van der Waals surface area contributed by atoms with E-state index in [4.69, 9.17) is 9.47 Å². The molecule has 1 heterocycles. The van der Waals surface area contributed by atoms with Gasteiger partial charge in [-0.3, -0.25) is 0 Å². The summed E-state index contributed by atoms with van der Waals surface area (Å²) in [7, 11) is 5.53. The van der Waals surface area contributed by atoms with Crippen LogP contribution in [0.2, 0.25) is 0 Å². The van der Waals surface area contributed by atoms with Gasteiger partial charge in [0.05, 0.1) is 19.5 Å². The number of hydrogen-bond acceptors (Lipinski definition) is 4. The van der Waals surface area contributed by atoms with Crippen molar-refractivity contribution < 1.29 is 9.47 Å². The topological polar surface area (TPSA) is 44.2 Å². The summed E-state index contributed by atoms with van der Waals surface area (Å²) in [5.74, 6) is 0.516. The normalized spacial score (nSPS) is 9.36. The van der Waals surface area contributed by atoms with Crippen LogP contribution in [0, 0.1) is 0 Å². The van der Waals surface area contributed by atoms with Crippen LogP contribution in [-0.4, -0.2) is 24.2 Å². The van der Waals surface area contributed by atoms with E-state index in [0.717, 1.165) is 5.30 Å². The van der Waals surface area contributed by atoms with Crippen LogP contribution in [-0.2, 0) is 0 Å². The maximum absolute atomic E-state index is 4.94. The van der Waals surface area contributed by atoms with Gasteiger partial charge in [-0.1, -0.05) is 9.24 Å². The molecule has 0 bridgehead atoms. The van der Waals surface area contributed by atoms with Gasteiger partial charge in [-0.15, -0.1) is 0 Å². The second kappa shape index (κ2) is 3.49. The second-order valence-corrected chi connectivity index (χ2v) is 2.44. The monoisotopic (exact) mass is 172 g/mol. The molecule has 4 nitrogen and oxygen atoms in total. The highest BCUT2D eigenvalue weighted by Gasteiger charge is 2.02. The molecule has 0 aliphatic rings. The molecule has 1 aromatic rings. The predicted molar refractivity (Wildman–Crippen MR) is 44.5 cm³/mol. The Kier molecular flexibility index (Phi) is 2.60. The van der Waals surface area contributed by atoms with Gasteiger partial charge in [-0.05, 0) is 0 Å². The van der Waals surface area contributed by atoms with Crippen molar-refractivity contribution >= 4 is 14.5 Å². The molecule has 0 radical (unpaired) electrons. The van der Waals surface area contributed by atoms with Crippen LogP contribution >= 0.6 is 9.24 Å². The van der Waals surface area contributed by atoms with Gasteiger partial charge in [0, 0.05) is 6.20 Å². The highest BCUT2D eigenvalue weighted by Crippen LogP contribution is 2.09. The van der Waals surface area contributed by atoms with Gasteiger partial charge in [-0.2, -0.15) is 4.98 Å². The van der Waals surface area contributed by atoms with E-state index in [1.807, 2.05) is 0 Å². The highest BCUT2D eigenvalue weighted by atomic mass is 31.0. The summed E-state index contributed by atoms with van der Waals surface area (Å²) >= 11 is 0. The molecule has 60 valence electrons. The van der Waals surface area contributed by atoms with Gasteiger partial charge >= 0.3 is 6.01 Å². The van der Waals surface area contributed by atoms with Crippen LogP contribution in [0.4, 0.5) is 0 Å². The molecule has 0 aliphatic heterocycles. The molecule has 1 rings (SSSR count). The van der Waals surface area contributed by atoms with Crippen molar-refractivity contribution in [1.82, 2.24) is 9.97 Å². The third kappa shape index (κ3) is 1.77. The molecule has 0 spiro atoms. The Morgan fingerprint density at radius 1 is 1.36 bits per heavy atom. The van der Waals surface area contributed by atoms with E-state index >= 15 is 0 Å². The Balaban J connectivity index is 3.02. The van der Waals surface area contributed by atoms with Gasteiger partial charge in [0.15, 0.2) is 0 Å². The predicted octanol–water partition coefficient (Wildman–Crippen LogP) is -0.00580. The second-order valence-electron chi connectivity index (χ2n) is 1.82. The minimum Gasteiger partial charge on any atom is -0.480 e. The van der Waals surface area contributed by atoms with E-state index in [9.17, 15) is 0 Å². The summed E-state index contributed by atoms with van der Waals surface area (Å²) in [5.41, 5.74) is 0. The van der Waals surface area contributed by atoms with Crippen molar-refractivity contribution in [2.75, 3.05) is 14.2 Å². The molecule has 0 saturated heterocycles. The van der Waals surface area contributed by atoms with E-state index in [1.165, 1.54) is 7.11 Å². The molecule has 0 saturated carbocycles. The van der Waals surface area contributed by atoms with E-state index < -0.39 is 0 Å². The Bertz CT molecular complexity index is 254. The van der Waals surface area contributed by atoms with Crippen LogP contribution in [0.1, 0.15) is 0 Å². The molecular weight excluding hydrogens is 163 g/mol. The van der Waals surface area contributed by atoms with Gasteiger partial charge in [0.25, 0.3) is 0 Å². The molecule has 1 unspecified atom stereocenters. The van der Waals surface area contributed by atoms with Crippen LogP contribution in [0.25, 0.3) is 0 Å². The fourth-order valence-corrected chi connectivity index (χ4v) is 0.879. The molecule has 11 heavy (non-hydrogen) atoms. The lowest BCUT2D eigenvalue weighted by Gasteiger charge is -2.02. The van der Waals surface area contributed by atoms with Crippen molar-refractivity contribution in [2.45, 2.75) is 0 Å². The van der Waals surface area contributed by atoms with Crippen LogP contribution < -0.4 is 14.8 Å². The summed E-state index contributed by atoms with van der Waals surface area (Å²) < 4.78 is 9.74. The molecule has 1 aromatic heterocycles. The average molecular weight is 172 g/mol. The first-order chi connectivity index (χ1) is 5.27. The first kappa shape index (κ1) is 8.21. The molecule has 0 aromatic carbocycles. The lowest BCUT2D eigenvalue weighted by atomic mass is 10.6. The zero-order valence-corrected chi connectivity index (χ0v) is 7.52. The zero-order chi connectivity index (χ0) is 8.27. The summed E-state index contributed by atoms with van der Waals surface area (Å²) in [6.07, 6.45) is 1.62. The number of methoxy groups -OCH3 is 2. The van der Waals surface area contributed by atoms with Gasteiger partial charge in [0.1, 0.15) is 0 Å². The number of rotatable bonds is 2. The van der Waals surface area contributed by atoms with Crippen LogP contribution in [0.3, 0.4) is 0 Å². The molecule has 5 heteroatoms. The number of ether oxygens (including phenoxy) is 2. The third-order valence-electron chi connectivity index (χ3n) is 1.13. The fourth-order valence-electron chi connectivity index (χ4n) is 0.622. The molecule has 0 N–H and O–H groups in total. The van der Waals surface area contributed by atoms with Crippen molar-refractivity contribution in [3.05, 3.63) is 6.20 Å². The number of hydrogen-bond donors (Lipinski definition) is 0. The van der Waals surface area contributed by atoms with E-state index in [-0.39, 0.29) is 0 Å². The quantitative estimate of drug-likeness (QED) is 0.589. The van der Waals surface area contributed by atoms with Crippen LogP contribution in [0.5, 0.6) is 11.9 Å². The SMILES string of the molecule is COc1ncc(P)c(OC)n1. The molecule has 0 aliphatic carbocycles. The van der Waals surface area contributed by atoms with Crippen molar-refractivity contribution in [1.29, 1.82) is 0 Å². The smallest absolute Gasteiger partial charge is 0.319 e. The number of nitrogens with zero attached hydrogens (tertiary/aromatic N) is 2. The summed E-state index contributed by atoms with van der Waals surface area (Å²) in [6.45, 7) is 0. The Hall–Kier alpha value is -0.890. The van der Waals surface area contributed by atoms with Crippen molar-refractivity contribution in [3.63, 3.8) is 0 Å². The van der Waals surface area contributed by atoms with E-state index in [2.05, 4.69) is 19.2 Å². The lowest BCUT2D eigenvalue weighted by molar-refractivity contribution is 0.354. The zero-order valence-electron chi connectivity index (χ0n) is 6.37. The Labute approximate surface area is 67.2 Å². The minimum absolute atomic E-state index is 0.313. The van der Waals surface area contributed by atoms with E-state index in [0.29, 0.717) is 11.9 Å². The lowest BCUT2D eigenvalue weighted by Crippen LogP contribution is -2.04. The summed E-state index contributed by atoms with van der Waals surface area (Å²) in [5, 5.41) is 0.813. The summed E-state index contributed by atoms with van der Waals surface area (Å²) in [4.78, 5) is 7.80. The van der Waals surface area contributed by atoms with Gasteiger partial charge < -0.3 is 9.47 Å². The minimum atomic E-state index is 0.313. The first-order valence-corrected chi connectivity index (χ1v) is 3.56. The standard InChI is InChI=1S/C6H9N2O2P/c1-9-5-4(11)3-7-6(8-5)10-2/h3H,11H2,1-2H3. The fraction of sp³-hybridized carbons (Fsp3) is 0.333. The highest BCUT2D eigenvalue weighted by molar-refractivity contribution is 7.27. The molecule has 0 fully saturated rings. The van der Waals surface area contributed by atoms with E-state index in [1.54, 1.807) is 13.3 Å². The largest absolute Gasteiger partial charge is 0.480 e. The third-order valence-corrected chi connectivity index (χ3v) is 1.53. The van der Waals surface area contributed by atoms with Gasteiger partial charge in [0.2, 0.25) is 5.88 Å². The maximum Gasteiger partial charge on any atom is 0.319 e.